The smallest absolute Gasteiger partial charge is 0.224 e. The number of aliphatic hydroxyl groups excluding tert-OH is 1. The molecule has 5 heteroatoms. The fraction of sp³-hybridized carbons (Fsp3) is 0.278. The van der Waals surface area contributed by atoms with E-state index in [1.807, 2.05) is 30.3 Å². The molecule has 2 aromatic carbocycles. The first-order chi connectivity index (χ1) is 11.0. The van der Waals surface area contributed by atoms with E-state index in [9.17, 15) is 18.7 Å². The van der Waals surface area contributed by atoms with Crippen molar-refractivity contribution in [1.82, 2.24) is 5.32 Å². The van der Waals surface area contributed by atoms with Crippen molar-refractivity contribution in [1.29, 1.82) is 0 Å². The van der Waals surface area contributed by atoms with Crippen molar-refractivity contribution in [3.63, 3.8) is 0 Å². The Morgan fingerprint density at radius 1 is 1.17 bits per heavy atom. The molecule has 3 nitrogen and oxygen atoms in total. The maximum absolute atomic E-state index is 13.5. The Kier molecular flexibility index (Phi) is 5.82. The minimum absolute atomic E-state index is 0.00718. The van der Waals surface area contributed by atoms with Gasteiger partial charge in [0.1, 0.15) is 11.6 Å². The highest BCUT2D eigenvalue weighted by Gasteiger charge is 2.18. The molecule has 1 amide bonds. The van der Waals surface area contributed by atoms with Crippen molar-refractivity contribution in [2.75, 3.05) is 0 Å². The molecule has 2 atom stereocenters. The van der Waals surface area contributed by atoms with Crippen LogP contribution in [0.3, 0.4) is 0 Å². The van der Waals surface area contributed by atoms with E-state index in [1.165, 1.54) is 0 Å². The van der Waals surface area contributed by atoms with Gasteiger partial charge in [0.15, 0.2) is 0 Å². The largest absolute Gasteiger partial charge is 0.391 e. The molecule has 0 spiro atoms. The monoisotopic (exact) mass is 319 g/mol. The van der Waals surface area contributed by atoms with Crippen LogP contribution in [0, 0.1) is 11.6 Å². The summed E-state index contributed by atoms with van der Waals surface area (Å²) in [6, 6.07) is 11.9. The molecule has 0 saturated heterocycles. The zero-order chi connectivity index (χ0) is 16.8. The first kappa shape index (κ1) is 17.1. The summed E-state index contributed by atoms with van der Waals surface area (Å²) in [5.41, 5.74) is 0.949. The number of carbonyl (C=O) groups is 1. The lowest BCUT2D eigenvalue weighted by Gasteiger charge is -2.20. The molecular weight excluding hydrogens is 300 g/mol. The first-order valence-corrected chi connectivity index (χ1v) is 7.41. The van der Waals surface area contributed by atoms with Crippen LogP contribution in [0.2, 0.25) is 0 Å². The highest BCUT2D eigenvalue weighted by Crippen LogP contribution is 2.11. The van der Waals surface area contributed by atoms with Gasteiger partial charge >= 0.3 is 0 Å². The number of benzene rings is 2. The topological polar surface area (TPSA) is 49.3 Å². The Morgan fingerprint density at radius 2 is 1.87 bits per heavy atom. The van der Waals surface area contributed by atoms with Gasteiger partial charge in [-0.3, -0.25) is 4.79 Å². The van der Waals surface area contributed by atoms with Crippen LogP contribution in [0.4, 0.5) is 8.78 Å². The van der Waals surface area contributed by atoms with Gasteiger partial charge in [-0.05, 0) is 30.7 Å². The lowest BCUT2D eigenvalue weighted by Crippen LogP contribution is -2.42. The van der Waals surface area contributed by atoms with Gasteiger partial charge in [-0.15, -0.1) is 0 Å². The standard InChI is InChI=1S/C18H19F2NO2/c1-12(17(22)9-13-5-3-2-4-6-13)21-18(23)11-14-10-15(19)7-8-16(14)20/h2-8,10,12,17,22H,9,11H2,1H3,(H,21,23). The zero-order valence-corrected chi connectivity index (χ0v) is 12.8. The van der Waals surface area contributed by atoms with Crippen molar-refractivity contribution in [2.45, 2.75) is 31.9 Å². The molecular formula is C18H19F2NO2. The molecule has 0 aliphatic carbocycles. The van der Waals surface area contributed by atoms with Gasteiger partial charge in [0.2, 0.25) is 5.91 Å². The summed E-state index contributed by atoms with van der Waals surface area (Å²) in [5, 5.41) is 12.8. The predicted molar refractivity (Wildman–Crippen MR) is 83.8 cm³/mol. The fourth-order valence-corrected chi connectivity index (χ4v) is 2.29. The normalized spacial score (nSPS) is 13.4. The van der Waals surface area contributed by atoms with Gasteiger partial charge in [0, 0.05) is 12.0 Å². The van der Waals surface area contributed by atoms with E-state index in [2.05, 4.69) is 5.32 Å². The first-order valence-electron chi connectivity index (χ1n) is 7.41. The number of nitrogens with one attached hydrogen (secondary N) is 1. The summed E-state index contributed by atoms with van der Waals surface area (Å²) in [6.07, 6.45) is -0.638. The molecule has 2 rings (SSSR count). The van der Waals surface area contributed by atoms with Gasteiger partial charge in [-0.2, -0.15) is 0 Å². The third kappa shape index (κ3) is 5.14. The Labute approximate surface area is 134 Å². The summed E-state index contributed by atoms with van der Waals surface area (Å²) in [6.45, 7) is 1.67. The highest BCUT2D eigenvalue weighted by atomic mass is 19.1. The lowest BCUT2D eigenvalue weighted by molar-refractivity contribution is -0.121. The van der Waals surface area contributed by atoms with Crippen LogP contribution in [0.15, 0.2) is 48.5 Å². The summed E-state index contributed by atoms with van der Waals surface area (Å²) in [4.78, 5) is 11.9. The van der Waals surface area contributed by atoms with Crippen molar-refractivity contribution >= 4 is 5.91 Å². The zero-order valence-electron chi connectivity index (χ0n) is 12.8. The third-order valence-corrected chi connectivity index (χ3v) is 3.61. The summed E-state index contributed by atoms with van der Waals surface area (Å²) in [5.74, 6) is -1.68. The molecule has 2 unspecified atom stereocenters. The third-order valence-electron chi connectivity index (χ3n) is 3.61. The van der Waals surface area contributed by atoms with Gasteiger partial charge in [0.05, 0.1) is 18.6 Å². The van der Waals surface area contributed by atoms with Crippen molar-refractivity contribution < 1.29 is 18.7 Å². The van der Waals surface area contributed by atoms with Gasteiger partial charge in [-0.1, -0.05) is 30.3 Å². The molecule has 0 aliphatic heterocycles. The Hall–Kier alpha value is -2.27. The molecule has 122 valence electrons. The second-order valence-corrected chi connectivity index (χ2v) is 5.53. The summed E-state index contributed by atoms with van der Waals surface area (Å²) < 4.78 is 26.6. The maximum atomic E-state index is 13.5. The molecule has 0 bridgehead atoms. The number of aliphatic hydroxyl groups is 1. The number of hydrogen-bond donors (Lipinski definition) is 2. The van der Waals surface area contributed by atoms with E-state index in [0.717, 1.165) is 23.8 Å². The Morgan fingerprint density at radius 3 is 2.57 bits per heavy atom. The number of amides is 1. The highest BCUT2D eigenvalue weighted by molar-refractivity contribution is 5.78. The van der Waals surface area contributed by atoms with Gasteiger partial charge in [0.25, 0.3) is 0 Å². The van der Waals surface area contributed by atoms with Gasteiger partial charge < -0.3 is 10.4 Å². The van der Waals surface area contributed by atoms with E-state index in [0.29, 0.717) is 6.42 Å². The van der Waals surface area contributed by atoms with E-state index < -0.39 is 29.7 Å². The van der Waals surface area contributed by atoms with Gasteiger partial charge in [-0.25, -0.2) is 8.78 Å². The van der Waals surface area contributed by atoms with Crippen molar-refractivity contribution in [3.05, 3.63) is 71.3 Å². The van der Waals surface area contributed by atoms with Crippen LogP contribution in [-0.2, 0) is 17.6 Å². The lowest BCUT2D eigenvalue weighted by atomic mass is 10.0. The fourth-order valence-electron chi connectivity index (χ4n) is 2.29. The maximum Gasteiger partial charge on any atom is 0.224 e. The molecule has 0 saturated carbocycles. The molecule has 2 aromatic rings. The van der Waals surface area contributed by atoms with Crippen LogP contribution < -0.4 is 5.32 Å². The van der Waals surface area contributed by atoms with Crippen LogP contribution in [-0.4, -0.2) is 23.2 Å². The molecule has 0 aromatic heterocycles. The van der Waals surface area contributed by atoms with Crippen LogP contribution in [0.1, 0.15) is 18.1 Å². The minimum atomic E-state index is -0.765. The molecule has 0 radical (unpaired) electrons. The quantitative estimate of drug-likeness (QED) is 0.860. The van der Waals surface area contributed by atoms with Crippen molar-refractivity contribution in [3.8, 4) is 0 Å². The van der Waals surface area contributed by atoms with E-state index in [4.69, 9.17) is 0 Å². The molecule has 23 heavy (non-hydrogen) atoms. The number of hydrogen-bond acceptors (Lipinski definition) is 2. The van der Waals surface area contributed by atoms with E-state index in [1.54, 1.807) is 6.92 Å². The second-order valence-electron chi connectivity index (χ2n) is 5.53. The summed E-state index contributed by atoms with van der Waals surface area (Å²) >= 11 is 0. The number of halogens is 2. The van der Waals surface area contributed by atoms with E-state index >= 15 is 0 Å². The van der Waals surface area contributed by atoms with Crippen LogP contribution >= 0.6 is 0 Å². The molecule has 2 N–H and O–H groups in total. The van der Waals surface area contributed by atoms with Crippen LogP contribution in [0.25, 0.3) is 0 Å². The van der Waals surface area contributed by atoms with Crippen molar-refractivity contribution in [2.24, 2.45) is 0 Å². The predicted octanol–water partition coefficient (Wildman–Crippen LogP) is 2.62. The number of carbonyl (C=O) groups excluding carboxylic acids is 1. The van der Waals surface area contributed by atoms with E-state index in [-0.39, 0.29) is 12.0 Å². The Balaban J connectivity index is 1.90. The average Bonchev–Trinajstić information content (AvgIpc) is 2.51. The molecule has 0 heterocycles. The summed E-state index contributed by atoms with van der Waals surface area (Å²) in [7, 11) is 0. The minimum Gasteiger partial charge on any atom is -0.391 e. The average molecular weight is 319 g/mol. The molecule has 0 aliphatic rings. The molecule has 0 fully saturated rings. The SMILES string of the molecule is CC(NC(=O)Cc1cc(F)ccc1F)C(O)Cc1ccccc1. The second kappa shape index (κ2) is 7.83. The Bertz CT molecular complexity index is 661. The van der Waals surface area contributed by atoms with Crippen LogP contribution in [0.5, 0.6) is 0 Å². The number of rotatable bonds is 6.